The standard InChI is InChI=1S/C25H29FN4O3S2/c1-17-14-18(2)16-30(15-17)35(32,33)20-8-6-19(7-9-20)24(31)28-10-12-29(13-11-28)25-27-23-21(26)4-3-5-22(23)34-25/h3-9,17-18H,10-16H2,1-2H3. The highest BCUT2D eigenvalue weighted by Gasteiger charge is 2.32. The number of rotatable bonds is 4. The zero-order chi connectivity index (χ0) is 24.7. The summed E-state index contributed by atoms with van der Waals surface area (Å²) in [7, 11) is -3.58. The Morgan fingerprint density at radius 3 is 2.29 bits per heavy atom. The maximum Gasteiger partial charge on any atom is 0.253 e. The number of amides is 1. The van der Waals surface area contributed by atoms with Gasteiger partial charge >= 0.3 is 0 Å². The van der Waals surface area contributed by atoms with Crippen molar-refractivity contribution in [1.82, 2.24) is 14.2 Å². The van der Waals surface area contributed by atoms with Crippen LogP contribution in [-0.2, 0) is 10.0 Å². The molecule has 0 radical (unpaired) electrons. The summed E-state index contributed by atoms with van der Waals surface area (Å²) in [5.74, 6) is 0.211. The molecule has 0 bridgehead atoms. The van der Waals surface area contributed by atoms with E-state index in [0.717, 1.165) is 16.3 Å². The third kappa shape index (κ3) is 4.79. The summed E-state index contributed by atoms with van der Waals surface area (Å²) >= 11 is 1.45. The predicted molar refractivity (Wildman–Crippen MR) is 136 cm³/mol. The molecule has 2 aliphatic rings. The molecule has 7 nitrogen and oxygen atoms in total. The summed E-state index contributed by atoms with van der Waals surface area (Å²) < 4.78 is 42.6. The number of fused-ring (bicyclic) bond motifs is 1. The molecule has 0 N–H and O–H groups in total. The lowest BCUT2D eigenvalue weighted by atomic mass is 9.94. The largest absolute Gasteiger partial charge is 0.345 e. The molecule has 3 aromatic rings. The van der Waals surface area contributed by atoms with Gasteiger partial charge in [-0.05, 0) is 54.7 Å². The number of carbonyl (C=O) groups excluding carboxylic acids is 1. The average Bonchev–Trinajstić information content (AvgIpc) is 3.29. The minimum atomic E-state index is -3.58. The van der Waals surface area contributed by atoms with Crippen LogP contribution in [0.25, 0.3) is 10.2 Å². The maximum absolute atomic E-state index is 14.0. The summed E-state index contributed by atoms with van der Waals surface area (Å²) in [5.41, 5.74) is 0.856. The molecule has 2 fully saturated rings. The Balaban J connectivity index is 1.23. The monoisotopic (exact) mass is 516 g/mol. The molecule has 0 aliphatic carbocycles. The molecule has 0 spiro atoms. The summed E-state index contributed by atoms with van der Waals surface area (Å²) in [6.45, 7) is 7.44. The fourth-order valence-electron chi connectivity index (χ4n) is 5.04. The van der Waals surface area contributed by atoms with Crippen molar-refractivity contribution < 1.29 is 17.6 Å². The Kier molecular flexibility index (Phi) is 6.54. The summed E-state index contributed by atoms with van der Waals surface area (Å²) in [6, 6.07) is 11.2. The number of hydrogen-bond acceptors (Lipinski definition) is 6. The highest BCUT2D eigenvalue weighted by molar-refractivity contribution is 7.89. The van der Waals surface area contributed by atoms with Crippen molar-refractivity contribution in [3.63, 3.8) is 0 Å². The number of anilines is 1. The maximum atomic E-state index is 14.0. The lowest BCUT2D eigenvalue weighted by Gasteiger charge is -2.35. The van der Waals surface area contributed by atoms with E-state index in [1.54, 1.807) is 39.5 Å². The van der Waals surface area contributed by atoms with Crippen LogP contribution in [-0.4, -0.2) is 67.8 Å². The normalized spacial score (nSPS) is 22.0. The fourth-order valence-corrected chi connectivity index (χ4v) is 7.75. The number of sulfonamides is 1. The van der Waals surface area contributed by atoms with E-state index in [1.807, 2.05) is 6.07 Å². The number of thiazole rings is 1. The number of nitrogens with zero attached hydrogens (tertiary/aromatic N) is 4. The third-order valence-electron chi connectivity index (χ3n) is 6.77. The van der Waals surface area contributed by atoms with E-state index in [4.69, 9.17) is 0 Å². The number of benzene rings is 2. The quantitative estimate of drug-likeness (QED) is 0.523. The van der Waals surface area contributed by atoms with Crippen molar-refractivity contribution >= 4 is 42.6 Å². The van der Waals surface area contributed by atoms with Crippen molar-refractivity contribution in [1.29, 1.82) is 0 Å². The minimum absolute atomic E-state index is 0.121. The molecule has 35 heavy (non-hydrogen) atoms. The number of aromatic nitrogens is 1. The molecule has 1 amide bonds. The van der Waals surface area contributed by atoms with Crippen molar-refractivity contribution in [2.75, 3.05) is 44.2 Å². The van der Waals surface area contributed by atoms with Gasteiger partial charge in [0, 0.05) is 44.8 Å². The van der Waals surface area contributed by atoms with Gasteiger partial charge in [-0.15, -0.1) is 0 Å². The first-order valence-corrected chi connectivity index (χ1v) is 14.2. The Labute approximate surface area is 209 Å². The highest BCUT2D eigenvalue weighted by Crippen LogP contribution is 2.31. The molecule has 186 valence electrons. The van der Waals surface area contributed by atoms with Crippen LogP contribution >= 0.6 is 11.3 Å². The van der Waals surface area contributed by atoms with Gasteiger partial charge in [-0.3, -0.25) is 4.79 Å². The third-order valence-corrected chi connectivity index (χ3v) is 9.70. The van der Waals surface area contributed by atoms with E-state index in [2.05, 4.69) is 23.7 Å². The molecular weight excluding hydrogens is 487 g/mol. The lowest BCUT2D eigenvalue weighted by Crippen LogP contribution is -2.48. The van der Waals surface area contributed by atoms with Crippen molar-refractivity contribution in [2.45, 2.75) is 25.2 Å². The van der Waals surface area contributed by atoms with Gasteiger partial charge in [0.25, 0.3) is 5.91 Å². The minimum Gasteiger partial charge on any atom is -0.345 e. The molecule has 5 rings (SSSR count). The van der Waals surface area contributed by atoms with E-state index in [1.165, 1.54) is 17.4 Å². The van der Waals surface area contributed by atoms with Crippen LogP contribution in [0.2, 0.25) is 0 Å². The number of piperazine rings is 1. The van der Waals surface area contributed by atoms with Crippen LogP contribution in [0.3, 0.4) is 0 Å². The second-order valence-electron chi connectivity index (χ2n) is 9.65. The Hall–Kier alpha value is -2.56. The van der Waals surface area contributed by atoms with Crippen LogP contribution in [0.5, 0.6) is 0 Å². The van der Waals surface area contributed by atoms with E-state index in [0.29, 0.717) is 62.2 Å². The van der Waals surface area contributed by atoms with Crippen LogP contribution in [0.1, 0.15) is 30.6 Å². The molecule has 10 heteroatoms. The number of piperidine rings is 1. The molecule has 2 atom stereocenters. The zero-order valence-electron chi connectivity index (χ0n) is 19.9. The molecule has 2 unspecified atom stereocenters. The van der Waals surface area contributed by atoms with Crippen molar-refractivity contribution in [2.24, 2.45) is 11.8 Å². The molecule has 3 heterocycles. The van der Waals surface area contributed by atoms with Gasteiger partial charge in [0.15, 0.2) is 5.13 Å². The first-order valence-electron chi connectivity index (χ1n) is 11.9. The Bertz CT molecular complexity index is 1320. The molecule has 0 saturated carbocycles. The number of para-hydroxylation sites is 1. The van der Waals surface area contributed by atoms with E-state index in [9.17, 15) is 17.6 Å². The number of halogens is 1. The molecule has 2 aromatic carbocycles. The van der Waals surface area contributed by atoms with Crippen molar-refractivity contribution in [3.05, 3.63) is 53.8 Å². The molecular formula is C25H29FN4O3S2. The Morgan fingerprint density at radius 2 is 1.66 bits per heavy atom. The highest BCUT2D eigenvalue weighted by atomic mass is 32.2. The van der Waals surface area contributed by atoms with Gasteiger partial charge in [0.2, 0.25) is 10.0 Å². The topological polar surface area (TPSA) is 73.8 Å². The molecule has 2 aliphatic heterocycles. The van der Waals surface area contributed by atoms with Gasteiger partial charge in [0.05, 0.1) is 9.60 Å². The summed E-state index contributed by atoms with van der Waals surface area (Å²) in [4.78, 5) is 21.6. The lowest BCUT2D eigenvalue weighted by molar-refractivity contribution is 0.0746. The van der Waals surface area contributed by atoms with Crippen LogP contribution in [0, 0.1) is 17.7 Å². The second kappa shape index (κ2) is 9.48. The number of carbonyl (C=O) groups is 1. The molecule has 2 saturated heterocycles. The molecule has 1 aromatic heterocycles. The van der Waals surface area contributed by atoms with Crippen molar-refractivity contribution in [3.8, 4) is 0 Å². The van der Waals surface area contributed by atoms with Crippen LogP contribution in [0.15, 0.2) is 47.4 Å². The van der Waals surface area contributed by atoms with E-state index >= 15 is 0 Å². The average molecular weight is 517 g/mol. The first kappa shape index (κ1) is 24.1. The fraction of sp³-hybridized carbons (Fsp3) is 0.440. The summed E-state index contributed by atoms with van der Waals surface area (Å²) in [5, 5.41) is 0.758. The van der Waals surface area contributed by atoms with Gasteiger partial charge in [-0.2, -0.15) is 4.31 Å². The predicted octanol–water partition coefficient (Wildman–Crippen LogP) is 4.06. The Morgan fingerprint density at radius 1 is 1.00 bits per heavy atom. The SMILES string of the molecule is CC1CC(C)CN(S(=O)(=O)c2ccc(C(=O)N3CCN(c4nc5c(F)cccc5s4)CC3)cc2)C1. The van der Waals surface area contributed by atoms with Gasteiger partial charge in [-0.25, -0.2) is 17.8 Å². The van der Waals surface area contributed by atoms with Gasteiger partial charge < -0.3 is 9.80 Å². The van der Waals surface area contributed by atoms with Gasteiger partial charge in [0.1, 0.15) is 11.3 Å². The first-order chi connectivity index (χ1) is 16.7. The second-order valence-corrected chi connectivity index (χ2v) is 12.6. The zero-order valence-corrected chi connectivity index (χ0v) is 21.5. The smallest absolute Gasteiger partial charge is 0.253 e. The number of hydrogen-bond donors (Lipinski definition) is 0. The van der Waals surface area contributed by atoms with E-state index < -0.39 is 10.0 Å². The van der Waals surface area contributed by atoms with E-state index in [-0.39, 0.29) is 16.6 Å². The van der Waals surface area contributed by atoms with Gasteiger partial charge in [-0.1, -0.05) is 31.3 Å². The van der Waals surface area contributed by atoms with Crippen LogP contribution in [0.4, 0.5) is 9.52 Å². The summed E-state index contributed by atoms with van der Waals surface area (Å²) in [6.07, 6.45) is 1.03. The van der Waals surface area contributed by atoms with Crippen LogP contribution < -0.4 is 4.90 Å².